The van der Waals surface area contributed by atoms with Crippen molar-refractivity contribution in [2.45, 2.75) is 6.92 Å². The first-order valence-corrected chi connectivity index (χ1v) is 9.44. The van der Waals surface area contributed by atoms with Gasteiger partial charge in [-0.2, -0.15) is 0 Å². The van der Waals surface area contributed by atoms with Gasteiger partial charge in [0.05, 0.1) is 15.3 Å². The summed E-state index contributed by atoms with van der Waals surface area (Å²) in [4.78, 5) is 38.2. The summed E-state index contributed by atoms with van der Waals surface area (Å²) in [6.45, 7) is 1.61. The molecule has 2 aromatic heterocycles. The lowest BCUT2D eigenvalue weighted by atomic mass is 10.2. The molecule has 1 N–H and O–H groups in total. The topological polar surface area (TPSA) is 72.5 Å². The fourth-order valence-electron chi connectivity index (χ4n) is 2.16. The second-order valence-corrected chi connectivity index (χ2v) is 7.65. The second-order valence-electron chi connectivity index (χ2n) is 5.42. The third-order valence-electron chi connectivity index (χ3n) is 3.47. The molecule has 0 saturated carbocycles. The zero-order chi connectivity index (χ0) is 18.5. The highest BCUT2D eigenvalue weighted by Gasteiger charge is 2.13. The molecule has 2 heterocycles. The van der Waals surface area contributed by atoms with Crippen molar-refractivity contribution in [1.29, 1.82) is 0 Å². The van der Waals surface area contributed by atoms with Gasteiger partial charge in [-0.05, 0) is 54.8 Å². The van der Waals surface area contributed by atoms with Crippen LogP contribution in [-0.2, 0) is 4.74 Å². The average molecular weight is 385 g/mol. The Kier molecular flexibility index (Phi) is 5.60. The Morgan fingerprint density at radius 1 is 1.00 bits per heavy atom. The largest absolute Gasteiger partial charge is 0.454 e. The number of nitrogens with one attached hydrogen (secondary N) is 1. The Morgan fingerprint density at radius 3 is 2.38 bits per heavy atom. The molecule has 26 heavy (non-hydrogen) atoms. The molecular formula is C19H15NO4S2. The predicted molar refractivity (Wildman–Crippen MR) is 102 cm³/mol. The van der Waals surface area contributed by atoms with Gasteiger partial charge in [0, 0.05) is 10.6 Å². The summed E-state index contributed by atoms with van der Waals surface area (Å²) in [5, 5.41) is 4.58. The minimum absolute atomic E-state index is 0.202. The molecular weight excluding hydrogens is 370 g/mol. The van der Waals surface area contributed by atoms with Gasteiger partial charge in [-0.15, -0.1) is 22.7 Å². The van der Waals surface area contributed by atoms with Crippen LogP contribution >= 0.6 is 22.7 Å². The molecule has 7 heteroatoms. The standard InChI is InChI=1S/C19H15NO4S2/c1-12-4-9-16(26-12)15(21)11-24-19(23)13-5-7-14(8-6-13)20-18(22)17-3-2-10-25-17/h2-10H,11H2,1H3,(H,20,22). The predicted octanol–water partition coefficient (Wildman–Crippen LogP) is 4.41. The van der Waals surface area contributed by atoms with Crippen molar-refractivity contribution in [1.82, 2.24) is 0 Å². The summed E-state index contributed by atoms with van der Waals surface area (Å²) in [7, 11) is 0. The van der Waals surface area contributed by atoms with Crippen molar-refractivity contribution in [2.24, 2.45) is 0 Å². The van der Waals surface area contributed by atoms with Gasteiger partial charge >= 0.3 is 5.97 Å². The molecule has 0 radical (unpaired) electrons. The summed E-state index contributed by atoms with van der Waals surface area (Å²) < 4.78 is 5.07. The molecule has 0 spiro atoms. The monoisotopic (exact) mass is 385 g/mol. The second kappa shape index (κ2) is 8.07. The molecule has 0 unspecified atom stereocenters. The summed E-state index contributed by atoms with van der Waals surface area (Å²) in [6, 6.07) is 13.4. The summed E-state index contributed by atoms with van der Waals surface area (Å²) in [5.41, 5.74) is 0.888. The van der Waals surface area contributed by atoms with Crippen LogP contribution in [0.1, 0.15) is 34.6 Å². The van der Waals surface area contributed by atoms with Crippen LogP contribution in [0.15, 0.2) is 53.9 Å². The highest BCUT2D eigenvalue weighted by Crippen LogP contribution is 2.17. The molecule has 1 aromatic carbocycles. The van der Waals surface area contributed by atoms with E-state index in [0.717, 1.165) is 4.88 Å². The van der Waals surface area contributed by atoms with E-state index in [9.17, 15) is 14.4 Å². The third-order valence-corrected chi connectivity index (χ3v) is 5.38. The van der Waals surface area contributed by atoms with Gasteiger partial charge in [0.25, 0.3) is 5.91 Å². The Bertz CT molecular complexity index is 927. The molecule has 3 aromatic rings. The van der Waals surface area contributed by atoms with Crippen molar-refractivity contribution in [3.63, 3.8) is 0 Å². The lowest BCUT2D eigenvalue weighted by molar-refractivity contribution is 0.0476. The number of ether oxygens (including phenoxy) is 1. The van der Waals surface area contributed by atoms with Crippen molar-refractivity contribution in [2.75, 3.05) is 11.9 Å². The zero-order valence-corrected chi connectivity index (χ0v) is 15.5. The van der Waals surface area contributed by atoms with E-state index in [1.165, 1.54) is 22.7 Å². The molecule has 0 saturated heterocycles. The SMILES string of the molecule is Cc1ccc(C(=O)COC(=O)c2ccc(NC(=O)c3cccs3)cc2)s1. The van der Waals surface area contributed by atoms with E-state index in [1.54, 1.807) is 42.5 Å². The molecule has 132 valence electrons. The number of ketones is 1. The van der Waals surface area contributed by atoms with Crippen LogP contribution in [0.4, 0.5) is 5.69 Å². The molecule has 5 nitrogen and oxygen atoms in total. The molecule has 0 aliphatic rings. The fourth-order valence-corrected chi connectivity index (χ4v) is 3.57. The van der Waals surface area contributed by atoms with Crippen LogP contribution in [0.3, 0.4) is 0 Å². The smallest absolute Gasteiger partial charge is 0.338 e. The number of carbonyl (C=O) groups excluding carboxylic acids is 3. The number of benzene rings is 1. The third kappa shape index (κ3) is 4.44. The van der Waals surface area contributed by atoms with E-state index in [-0.39, 0.29) is 18.3 Å². The number of aryl methyl sites for hydroxylation is 1. The maximum absolute atomic E-state index is 12.0. The maximum atomic E-state index is 12.0. The van der Waals surface area contributed by atoms with Gasteiger partial charge in [0.15, 0.2) is 6.61 Å². The number of thiophene rings is 2. The molecule has 0 fully saturated rings. The van der Waals surface area contributed by atoms with Crippen molar-refractivity contribution < 1.29 is 19.1 Å². The number of esters is 1. The number of Topliss-reactive ketones (excluding diaryl/α,β-unsaturated/α-hetero) is 1. The number of rotatable bonds is 6. The molecule has 0 aliphatic heterocycles. The molecule has 0 atom stereocenters. The van der Waals surface area contributed by atoms with Gasteiger partial charge in [0.2, 0.25) is 5.78 Å². The van der Waals surface area contributed by atoms with Crippen LogP contribution in [0.25, 0.3) is 0 Å². The van der Waals surface area contributed by atoms with Crippen LogP contribution in [0.5, 0.6) is 0 Å². The van der Waals surface area contributed by atoms with Crippen LogP contribution in [-0.4, -0.2) is 24.3 Å². The van der Waals surface area contributed by atoms with Crippen LogP contribution in [0.2, 0.25) is 0 Å². The fraction of sp³-hybridized carbons (Fsp3) is 0.105. The van der Waals surface area contributed by atoms with E-state index in [0.29, 0.717) is 21.0 Å². The highest BCUT2D eigenvalue weighted by molar-refractivity contribution is 7.14. The first-order valence-electron chi connectivity index (χ1n) is 7.74. The summed E-state index contributed by atoms with van der Waals surface area (Å²) in [5.74, 6) is -1.01. The van der Waals surface area contributed by atoms with E-state index < -0.39 is 5.97 Å². The number of carbonyl (C=O) groups is 3. The Morgan fingerprint density at radius 2 is 1.77 bits per heavy atom. The number of amides is 1. The normalized spacial score (nSPS) is 10.3. The van der Waals surface area contributed by atoms with Gasteiger partial charge in [-0.1, -0.05) is 6.07 Å². The quantitative estimate of drug-likeness (QED) is 0.504. The number of hydrogen-bond donors (Lipinski definition) is 1. The summed E-state index contributed by atoms with van der Waals surface area (Å²) in [6.07, 6.45) is 0. The van der Waals surface area contributed by atoms with Crippen molar-refractivity contribution in [3.8, 4) is 0 Å². The van der Waals surface area contributed by atoms with Gasteiger partial charge < -0.3 is 10.1 Å². The zero-order valence-electron chi connectivity index (χ0n) is 13.9. The summed E-state index contributed by atoms with van der Waals surface area (Å²) >= 11 is 2.72. The minimum atomic E-state index is -0.581. The highest BCUT2D eigenvalue weighted by atomic mass is 32.1. The van der Waals surface area contributed by atoms with E-state index in [1.807, 2.05) is 18.4 Å². The first-order chi connectivity index (χ1) is 12.5. The lowest BCUT2D eigenvalue weighted by Gasteiger charge is -2.06. The van der Waals surface area contributed by atoms with Gasteiger partial charge in [-0.25, -0.2) is 4.79 Å². The number of anilines is 1. The molecule has 0 aliphatic carbocycles. The van der Waals surface area contributed by atoms with Crippen molar-refractivity contribution >= 4 is 46.0 Å². The molecule has 3 rings (SSSR count). The van der Waals surface area contributed by atoms with Gasteiger partial charge in [0.1, 0.15) is 0 Å². The van der Waals surface area contributed by atoms with E-state index in [2.05, 4.69) is 5.32 Å². The Hall–Kier alpha value is -2.77. The van der Waals surface area contributed by atoms with Crippen LogP contribution in [0, 0.1) is 6.92 Å². The van der Waals surface area contributed by atoms with Crippen molar-refractivity contribution in [3.05, 3.63) is 74.1 Å². The minimum Gasteiger partial charge on any atom is -0.454 e. The van der Waals surface area contributed by atoms with Crippen LogP contribution < -0.4 is 5.32 Å². The maximum Gasteiger partial charge on any atom is 0.338 e. The van der Waals surface area contributed by atoms with E-state index >= 15 is 0 Å². The molecule has 0 bridgehead atoms. The molecule has 1 amide bonds. The first kappa shape index (κ1) is 18.0. The number of hydrogen-bond acceptors (Lipinski definition) is 6. The van der Waals surface area contributed by atoms with Gasteiger partial charge in [-0.3, -0.25) is 9.59 Å². The lowest BCUT2D eigenvalue weighted by Crippen LogP contribution is -2.14. The Labute approximate surface area is 158 Å². The van der Waals surface area contributed by atoms with E-state index in [4.69, 9.17) is 4.74 Å². The Balaban J connectivity index is 1.55. The average Bonchev–Trinajstić information content (AvgIpc) is 3.31.